The summed E-state index contributed by atoms with van der Waals surface area (Å²) in [4.78, 5) is 2.71. The fourth-order valence-corrected chi connectivity index (χ4v) is 5.08. The van der Waals surface area contributed by atoms with E-state index in [4.69, 9.17) is 0 Å². The predicted molar refractivity (Wildman–Crippen MR) is 110 cm³/mol. The second-order valence-corrected chi connectivity index (χ2v) is 10.2. The van der Waals surface area contributed by atoms with Crippen molar-refractivity contribution in [2.75, 3.05) is 6.54 Å². The first kappa shape index (κ1) is 17.9. The van der Waals surface area contributed by atoms with Gasteiger partial charge in [-0.15, -0.1) is 0 Å². The maximum Gasteiger partial charge on any atom is 0.0393 e. The van der Waals surface area contributed by atoms with E-state index >= 15 is 0 Å². The molecule has 2 aromatic rings. The maximum absolute atomic E-state index is 2.71. The summed E-state index contributed by atoms with van der Waals surface area (Å²) in [5, 5.41) is 0. The summed E-state index contributed by atoms with van der Waals surface area (Å²) in [5.41, 5.74) is 6.59. The van der Waals surface area contributed by atoms with Gasteiger partial charge < -0.3 is 4.57 Å². The Balaban J connectivity index is 1.66. The van der Waals surface area contributed by atoms with Crippen LogP contribution in [0.4, 0.5) is 0 Å². The first-order valence-electron chi connectivity index (χ1n) is 10.3. The fourth-order valence-electron chi connectivity index (χ4n) is 5.08. The number of fused-ring (bicyclic) bond motifs is 1. The van der Waals surface area contributed by atoms with Crippen LogP contribution in [-0.4, -0.2) is 21.6 Å². The van der Waals surface area contributed by atoms with Gasteiger partial charge in [0.15, 0.2) is 0 Å². The average Bonchev–Trinajstić information content (AvgIpc) is 3.32. The van der Waals surface area contributed by atoms with Gasteiger partial charge in [-0.2, -0.15) is 0 Å². The lowest BCUT2D eigenvalue weighted by Crippen LogP contribution is -2.49. The van der Waals surface area contributed by atoms with Gasteiger partial charge in [0.05, 0.1) is 0 Å². The molecule has 0 N–H and O–H groups in total. The minimum atomic E-state index is 0.237. The van der Waals surface area contributed by atoms with Crippen molar-refractivity contribution in [3.05, 3.63) is 47.8 Å². The Hall–Kier alpha value is -1.54. The van der Waals surface area contributed by atoms with Gasteiger partial charge in [-0.05, 0) is 56.1 Å². The van der Waals surface area contributed by atoms with Crippen molar-refractivity contribution in [3.8, 4) is 11.1 Å². The van der Waals surface area contributed by atoms with Crippen LogP contribution in [0.15, 0.2) is 36.4 Å². The zero-order valence-corrected chi connectivity index (χ0v) is 17.2. The van der Waals surface area contributed by atoms with Crippen LogP contribution in [-0.2, 0) is 13.1 Å². The first-order valence-corrected chi connectivity index (χ1v) is 10.3. The van der Waals surface area contributed by atoms with Crippen LogP contribution in [0.1, 0.15) is 71.2 Å². The molecule has 2 nitrogen and oxygen atoms in total. The van der Waals surface area contributed by atoms with Gasteiger partial charge >= 0.3 is 0 Å². The molecule has 0 unspecified atom stereocenters. The Labute approximate surface area is 159 Å². The highest BCUT2D eigenvalue weighted by atomic mass is 15.3. The number of hydrogen-bond donors (Lipinski definition) is 0. The Bertz CT molecular complexity index is 773. The molecule has 2 aliphatic rings. The van der Waals surface area contributed by atoms with Crippen LogP contribution >= 0.6 is 0 Å². The second-order valence-electron chi connectivity index (χ2n) is 10.2. The van der Waals surface area contributed by atoms with E-state index in [0.717, 1.165) is 19.0 Å². The number of rotatable bonds is 4. The summed E-state index contributed by atoms with van der Waals surface area (Å²) in [5.74, 6) is 0.785. The molecule has 2 heteroatoms. The van der Waals surface area contributed by atoms with E-state index in [-0.39, 0.29) is 5.54 Å². The SMILES string of the molecule is CC(C)(C)CC(C)(C)N1CCn2c(cc(-c3ccccc3)c2C2CC2)C1. The van der Waals surface area contributed by atoms with Crippen molar-refractivity contribution >= 4 is 0 Å². The molecule has 1 aliphatic carbocycles. The summed E-state index contributed by atoms with van der Waals surface area (Å²) >= 11 is 0. The number of aromatic nitrogens is 1. The molecular formula is C24H34N2. The molecule has 0 saturated heterocycles. The molecule has 26 heavy (non-hydrogen) atoms. The Morgan fingerprint density at radius 3 is 2.27 bits per heavy atom. The van der Waals surface area contributed by atoms with E-state index in [9.17, 15) is 0 Å². The van der Waals surface area contributed by atoms with Crippen molar-refractivity contribution in [2.24, 2.45) is 5.41 Å². The highest BCUT2D eigenvalue weighted by molar-refractivity contribution is 5.69. The maximum atomic E-state index is 2.71. The molecular weight excluding hydrogens is 316 g/mol. The van der Waals surface area contributed by atoms with Gasteiger partial charge in [0.1, 0.15) is 0 Å². The molecule has 0 atom stereocenters. The summed E-state index contributed by atoms with van der Waals surface area (Å²) in [7, 11) is 0. The Morgan fingerprint density at radius 1 is 0.962 bits per heavy atom. The third kappa shape index (κ3) is 3.49. The fraction of sp³-hybridized carbons (Fsp3) is 0.583. The molecule has 0 radical (unpaired) electrons. The number of nitrogens with zero attached hydrogens (tertiary/aromatic N) is 2. The molecule has 1 aromatic carbocycles. The largest absolute Gasteiger partial charge is 0.345 e. The van der Waals surface area contributed by atoms with Gasteiger partial charge in [-0.3, -0.25) is 4.90 Å². The average molecular weight is 351 g/mol. The molecule has 1 aromatic heterocycles. The van der Waals surface area contributed by atoms with Crippen LogP contribution < -0.4 is 0 Å². The molecule has 1 aliphatic heterocycles. The number of benzene rings is 1. The van der Waals surface area contributed by atoms with E-state index in [0.29, 0.717) is 5.41 Å². The molecule has 2 heterocycles. The first-order chi connectivity index (χ1) is 12.2. The minimum Gasteiger partial charge on any atom is -0.345 e. The molecule has 140 valence electrons. The molecule has 1 fully saturated rings. The van der Waals surface area contributed by atoms with E-state index in [1.807, 2.05) is 0 Å². The van der Waals surface area contributed by atoms with E-state index < -0.39 is 0 Å². The predicted octanol–water partition coefficient (Wildman–Crippen LogP) is 6.06. The zero-order chi connectivity index (χ0) is 18.5. The Morgan fingerprint density at radius 2 is 1.65 bits per heavy atom. The summed E-state index contributed by atoms with van der Waals surface area (Å²) < 4.78 is 2.66. The van der Waals surface area contributed by atoms with Crippen LogP contribution in [0.25, 0.3) is 11.1 Å². The molecule has 0 amide bonds. The van der Waals surface area contributed by atoms with Gasteiger partial charge in [0.25, 0.3) is 0 Å². The zero-order valence-electron chi connectivity index (χ0n) is 17.2. The normalized spacial score (nSPS) is 18.8. The van der Waals surface area contributed by atoms with Crippen LogP contribution in [0.2, 0.25) is 0 Å². The van der Waals surface area contributed by atoms with E-state index in [1.54, 1.807) is 5.69 Å². The summed E-state index contributed by atoms with van der Waals surface area (Å²) in [6, 6.07) is 13.5. The van der Waals surface area contributed by atoms with Crippen LogP contribution in [0.5, 0.6) is 0 Å². The molecule has 0 spiro atoms. The molecule has 0 bridgehead atoms. The van der Waals surface area contributed by atoms with Crippen LogP contribution in [0.3, 0.4) is 0 Å². The third-order valence-corrected chi connectivity index (χ3v) is 6.04. The lowest BCUT2D eigenvalue weighted by molar-refractivity contribution is 0.0523. The lowest BCUT2D eigenvalue weighted by atomic mass is 9.80. The van der Waals surface area contributed by atoms with Gasteiger partial charge in [-0.1, -0.05) is 51.1 Å². The van der Waals surface area contributed by atoms with Crippen molar-refractivity contribution in [1.29, 1.82) is 0 Å². The molecule has 4 rings (SSSR count). The third-order valence-electron chi connectivity index (χ3n) is 6.04. The van der Waals surface area contributed by atoms with Crippen molar-refractivity contribution < 1.29 is 0 Å². The molecule has 1 saturated carbocycles. The van der Waals surface area contributed by atoms with Gasteiger partial charge in [0, 0.05) is 42.1 Å². The van der Waals surface area contributed by atoms with Gasteiger partial charge in [-0.25, -0.2) is 0 Å². The van der Waals surface area contributed by atoms with Gasteiger partial charge in [0.2, 0.25) is 0 Å². The summed E-state index contributed by atoms with van der Waals surface area (Å²) in [6.45, 7) is 15.3. The topological polar surface area (TPSA) is 8.17 Å². The highest BCUT2D eigenvalue weighted by Crippen LogP contribution is 2.47. The Kier molecular flexibility index (Phi) is 4.30. The van der Waals surface area contributed by atoms with Crippen molar-refractivity contribution in [3.63, 3.8) is 0 Å². The monoisotopic (exact) mass is 350 g/mol. The second kappa shape index (κ2) is 6.27. The smallest absolute Gasteiger partial charge is 0.0393 e. The van der Waals surface area contributed by atoms with Crippen molar-refractivity contribution in [1.82, 2.24) is 9.47 Å². The highest BCUT2D eigenvalue weighted by Gasteiger charge is 2.37. The standard InChI is InChI=1S/C24H34N2/c1-23(2,3)17-24(4,5)25-13-14-26-20(16-25)15-21(22(26)19-11-12-19)18-9-7-6-8-10-18/h6-10,15,19H,11-14,16-17H2,1-5H3. The van der Waals surface area contributed by atoms with E-state index in [1.165, 1.54) is 42.6 Å². The van der Waals surface area contributed by atoms with Crippen molar-refractivity contribution in [2.45, 2.75) is 78.4 Å². The quantitative estimate of drug-likeness (QED) is 0.650. The summed E-state index contributed by atoms with van der Waals surface area (Å²) in [6.07, 6.45) is 3.95. The minimum absolute atomic E-state index is 0.237. The number of hydrogen-bond acceptors (Lipinski definition) is 1. The van der Waals surface area contributed by atoms with Crippen LogP contribution in [0, 0.1) is 5.41 Å². The lowest BCUT2D eigenvalue weighted by Gasteiger charge is -2.44. The van der Waals surface area contributed by atoms with E-state index in [2.05, 4.69) is 80.5 Å².